The number of hydrogen-bond donors (Lipinski definition) is 1. The molecule has 0 amide bonds. The maximum atomic E-state index is 11.8. The molecule has 0 saturated carbocycles. The predicted molar refractivity (Wildman–Crippen MR) is 66.4 cm³/mol. The lowest BCUT2D eigenvalue weighted by molar-refractivity contribution is 0.340. The van der Waals surface area contributed by atoms with Crippen molar-refractivity contribution in [2.45, 2.75) is 13.3 Å². The van der Waals surface area contributed by atoms with Gasteiger partial charge in [-0.1, -0.05) is 0 Å². The Bertz CT molecular complexity index is 569. The molecule has 0 aliphatic heterocycles. The van der Waals surface area contributed by atoms with E-state index in [9.17, 15) is 4.79 Å². The summed E-state index contributed by atoms with van der Waals surface area (Å²) in [6.45, 7) is 2.95. The van der Waals surface area contributed by atoms with Crippen molar-refractivity contribution in [2.75, 3.05) is 13.2 Å². The normalized spacial score (nSPS) is 10.7. The van der Waals surface area contributed by atoms with Crippen LogP contribution in [-0.2, 0) is 6.42 Å². The average Bonchev–Trinajstić information content (AvgIpc) is 2.29. The molecule has 2 aromatic rings. The Balaban J connectivity index is 2.54. The van der Waals surface area contributed by atoms with Crippen LogP contribution in [0.2, 0.25) is 0 Å². The lowest BCUT2D eigenvalue weighted by Gasteiger charge is -2.05. The van der Waals surface area contributed by atoms with Crippen molar-refractivity contribution in [1.82, 2.24) is 0 Å². The largest absolute Gasteiger partial charge is 0.494 e. The Morgan fingerprint density at radius 1 is 1.35 bits per heavy atom. The van der Waals surface area contributed by atoms with Crippen LogP contribution < -0.4 is 15.9 Å². The zero-order chi connectivity index (χ0) is 12.3. The minimum absolute atomic E-state index is 0.0438. The van der Waals surface area contributed by atoms with Gasteiger partial charge in [-0.3, -0.25) is 4.79 Å². The summed E-state index contributed by atoms with van der Waals surface area (Å²) in [6.07, 6.45) is 0.560. The lowest BCUT2D eigenvalue weighted by Crippen LogP contribution is -2.07. The molecule has 0 aliphatic rings. The van der Waals surface area contributed by atoms with Crippen molar-refractivity contribution in [3.05, 3.63) is 40.2 Å². The summed E-state index contributed by atoms with van der Waals surface area (Å²) < 4.78 is 11.0. The quantitative estimate of drug-likeness (QED) is 0.872. The van der Waals surface area contributed by atoms with E-state index in [2.05, 4.69) is 0 Å². The van der Waals surface area contributed by atoms with Crippen LogP contribution in [0, 0.1) is 0 Å². The summed E-state index contributed by atoms with van der Waals surface area (Å²) in [5.74, 6) is 1.31. The van der Waals surface area contributed by atoms with E-state index < -0.39 is 0 Å². The van der Waals surface area contributed by atoms with Gasteiger partial charge in [-0.05, 0) is 25.6 Å². The van der Waals surface area contributed by atoms with Crippen LogP contribution in [0.1, 0.15) is 12.7 Å². The molecule has 0 radical (unpaired) electrons. The number of fused-ring (bicyclic) bond motifs is 1. The fraction of sp³-hybridized carbons (Fsp3) is 0.308. The van der Waals surface area contributed by atoms with E-state index in [1.54, 1.807) is 18.2 Å². The van der Waals surface area contributed by atoms with Crippen molar-refractivity contribution >= 4 is 11.0 Å². The number of hydrogen-bond acceptors (Lipinski definition) is 4. The molecule has 4 heteroatoms. The summed E-state index contributed by atoms with van der Waals surface area (Å²) in [7, 11) is 0. The molecule has 0 bridgehead atoms. The zero-order valence-corrected chi connectivity index (χ0v) is 9.73. The van der Waals surface area contributed by atoms with Crippen molar-refractivity contribution in [2.24, 2.45) is 5.73 Å². The van der Waals surface area contributed by atoms with Crippen LogP contribution in [0.3, 0.4) is 0 Å². The molecule has 0 fully saturated rings. The third-order valence-corrected chi connectivity index (χ3v) is 2.45. The van der Waals surface area contributed by atoms with Crippen LogP contribution >= 0.6 is 0 Å². The maximum Gasteiger partial charge on any atom is 0.192 e. The fourth-order valence-corrected chi connectivity index (χ4v) is 1.71. The summed E-state index contributed by atoms with van der Waals surface area (Å²) in [6, 6.07) is 6.72. The Morgan fingerprint density at radius 2 is 2.18 bits per heavy atom. The van der Waals surface area contributed by atoms with Crippen LogP contribution in [0.4, 0.5) is 0 Å². The highest BCUT2D eigenvalue weighted by Gasteiger charge is 2.05. The summed E-state index contributed by atoms with van der Waals surface area (Å²) in [5.41, 5.74) is 5.95. The van der Waals surface area contributed by atoms with E-state index in [-0.39, 0.29) is 5.43 Å². The molecule has 0 unspecified atom stereocenters. The Labute approximate surface area is 99.0 Å². The van der Waals surface area contributed by atoms with Crippen molar-refractivity contribution in [1.29, 1.82) is 0 Å². The van der Waals surface area contributed by atoms with Crippen molar-refractivity contribution in [3.8, 4) is 5.75 Å². The van der Waals surface area contributed by atoms with E-state index in [0.29, 0.717) is 42.1 Å². The first-order valence-corrected chi connectivity index (χ1v) is 5.64. The zero-order valence-electron chi connectivity index (χ0n) is 9.73. The monoisotopic (exact) mass is 233 g/mol. The minimum Gasteiger partial charge on any atom is -0.494 e. The first kappa shape index (κ1) is 11.7. The van der Waals surface area contributed by atoms with Gasteiger partial charge in [0.2, 0.25) is 0 Å². The molecule has 0 aliphatic carbocycles. The summed E-state index contributed by atoms with van der Waals surface area (Å²) in [5, 5.41) is 0.564. The molecule has 90 valence electrons. The number of ether oxygens (including phenoxy) is 1. The summed E-state index contributed by atoms with van der Waals surface area (Å²) in [4.78, 5) is 11.8. The topological polar surface area (TPSA) is 65.5 Å². The molecule has 1 heterocycles. The molecular formula is C13H15NO3. The molecular weight excluding hydrogens is 218 g/mol. The van der Waals surface area contributed by atoms with Gasteiger partial charge in [-0.25, -0.2) is 0 Å². The van der Waals surface area contributed by atoms with Gasteiger partial charge in [0, 0.05) is 18.6 Å². The standard InChI is InChI=1S/C13H15NO3/c1-2-16-9-3-4-11-12(15)7-10(5-6-14)17-13(11)8-9/h3-4,7-8H,2,5-6,14H2,1H3. The third-order valence-electron chi connectivity index (χ3n) is 2.45. The molecule has 4 nitrogen and oxygen atoms in total. The van der Waals surface area contributed by atoms with Gasteiger partial charge in [0.15, 0.2) is 5.43 Å². The highest BCUT2D eigenvalue weighted by Crippen LogP contribution is 2.19. The first-order chi connectivity index (χ1) is 8.24. The fourth-order valence-electron chi connectivity index (χ4n) is 1.71. The Morgan fingerprint density at radius 3 is 2.88 bits per heavy atom. The van der Waals surface area contributed by atoms with Gasteiger partial charge in [0.1, 0.15) is 17.1 Å². The van der Waals surface area contributed by atoms with Gasteiger partial charge < -0.3 is 14.9 Å². The molecule has 2 rings (SSSR count). The third kappa shape index (κ3) is 2.47. The second kappa shape index (κ2) is 5.01. The van der Waals surface area contributed by atoms with E-state index >= 15 is 0 Å². The number of rotatable bonds is 4. The van der Waals surface area contributed by atoms with Crippen LogP contribution in [-0.4, -0.2) is 13.2 Å². The van der Waals surface area contributed by atoms with E-state index in [4.69, 9.17) is 14.9 Å². The maximum absolute atomic E-state index is 11.8. The predicted octanol–water partition coefficient (Wildman–Crippen LogP) is 1.69. The van der Waals surface area contributed by atoms with Crippen molar-refractivity contribution in [3.63, 3.8) is 0 Å². The van der Waals surface area contributed by atoms with Gasteiger partial charge in [-0.2, -0.15) is 0 Å². The lowest BCUT2D eigenvalue weighted by atomic mass is 10.2. The highest BCUT2D eigenvalue weighted by molar-refractivity contribution is 5.77. The molecule has 1 aromatic heterocycles. The Hall–Kier alpha value is -1.81. The highest BCUT2D eigenvalue weighted by atomic mass is 16.5. The molecule has 0 saturated heterocycles. The van der Waals surface area contributed by atoms with E-state index in [1.807, 2.05) is 6.92 Å². The second-order valence-electron chi connectivity index (χ2n) is 3.71. The van der Waals surface area contributed by atoms with Gasteiger partial charge in [0.05, 0.1) is 12.0 Å². The smallest absolute Gasteiger partial charge is 0.192 e. The van der Waals surface area contributed by atoms with Crippen LogP contribution in [0.5, 0.6) is 5.75 Å². The van der Waals surface area contributed by atoms with Gasteiger partial charge in [0.25, 0.3) is 0 Å². The average molecular weight is 233 g/mol. The molecule has 2 N–H and O–H groups in total. The van der Waals surface area contributed by atoms with Gasteiger partial charge >= 0.3 is 0 Å². The SMILES string of the molecule is CCOc1ccc2c(=O)cc(CCN)oc2c1. The van der Waals surface area contributed by atoms with E-state index in [1.165, 1.54) is 6.07 Å². The Kier molecular flexibility index (Phi) is 3.44. The molecule has 0 spiro atoms. The number of nitrogens with two attached hydrogens (primary N) is 1. The van der Waals surface area contributed by atoms with Crippen molar-refractivity contribution < 1.29 is 9.15 Å². The van der Waals surface area contributed by atoms with Crippen LogP contribution in [0.15, 0.2) is 33.5 Å². The van der Waals surface area contributed by atoms with Crippen LogP contribution in [0.25, 0.3) is 11.0 Å². The molecule has 1 aromatic carbocycles. The van der Waals surface area contributed by atoms with E-state index in [0.717, 1.165) is 0 Å². The summed E-state index contributed by atoms with van der Waals surface area (Å²) >= 11 is 0. The number of benzene rings is 1. The second-order valence-corrected chi connectivity index (χ2v) is 3.71. The molecule has 0 atom stereocenters. The molecule has 17 heavy (non-hydrogen) atoms. The van der Waals surface area contributed by atoms with Gasteiger partial charge in [-0.15, -0.1) is 0 Å². The first-order valence-electron chi connectivity index (χ1n) is 5.64. The minimum atomic E-state index is -0.0438.